The minimum Gasteiger partial charge on any atom is -0.406 e. The van der Waals surface area contributed by atoms with E-state index in [2.05, 4.69) is 31.0 Å². The number of pyridine rings is 1. The highest BCUT2D eigenvalue weighted by atomic mass is 79.9. The fourth-order valence-corrected chi connectivity index (χ4v) is 1.72. The number of rotatable bonds is 3. The van der Waals surface area contributed by atoms with Crippen molar-refractivity contribution in [3.63, 3.8) is 0 Å². The number of aryl methyl sites for hydroxylation is 1. The third-order valence-corrected chi connectivity index (χ3v) is 3.22. The summed E-state index contributed by atoms with van der Waals surface area (Å²) in [5.41, 5.74) is 1.43. The molecule has 106 valence electrons. The Hall–Kier alpha value is -1.76. The summed E-state index contributed by atoms with van der Waals surface area (Å²) in [5.74, 6) is 0.346. The van der Waals surface area contributed by atoms with Gasteiger partial charge in [0.15, 0.2) is 0 Å². The monoisotopic (exact) mass is 346 g/mol. The molecular formula is C13H10BrF3N2O. The maximum atomic E-state index is 12.0. The molecule has 0 aliphatic carbocycles. The average molecular weight is 347 g/mol. The number of halogens is 4. The van der Waals surface area contributed by atoms with Crippen LogP contribution in [-0.4, -0.2) is 11.3 Å². The van der Waals surface area contributed by atoms with Crippen molar-refractivity contribution in [3.05, 3.63) is 46.6 Å². The van der Waals surface area contributed by atoms with E-state index in [0.29, 0.717) is 11.5 Å². The largest absolute Gasteiger partial charge is 0.573 e. The molecule has 0 radical (unpaired) electrons. The van der Waals surface area contributed by atoms with Crippen molar-refractivity contribution in [1.29, 1.82) is 0 Å². The van der Waals surface area contributed by atoms with Gasteiger partial charge < -0.3 is 10.1 Å². The molecule has 3 nitrogen and oxygen atoms in total. The number of benzene rings is 1. The number of anilines is 2. The topological polar surface area (TPSA) is 34.2 Å². The van der Waals surface area contributed by atoms with E-state index in [-0.39, 0.29) is 5.75 Å². The molecule has 2 rings (SSSR count). The maximum absolute atomic E-state index is 12.0. The van der Waals surface area contributed by atoms with Gasteiger partial charge in [0.2, 0.25) is 0 Å². The van der Waals surface area contributed by atoms with E-state index < -0.39 is 6.36 Å². The van der Waals surface area contributed by atoms with Gasteiger partial charge in [-0.3, -0.25) is 0 Å². The van der Waals surface area contributed by atoms with Crippen molar-refractivity contribution < 1.29 is 17.9 Å². The number of hydrogen-bond donors (Lipinski definition) is 1. The zero-order chi connectivity index (χ0) is 14.8. The zero-order valence-electron chi connectivity index (χ0n) is 10.3. The smallest absolute Gasteiger partial charge is 0.406 e. The standard InChI is InChI=1S/C13H10BrF3N2O/c1-8-11(14)6-7-12(18-8)19-9-2-4-10(5-3-9)20-13(15,16)17/h2-7H,1H3,(H,18,19). The van der Waals surface area contributed by atoms with Gasteiger partial charge in [-0.05, 0) is 59.3 Å². The Morgan fingerprint density at radius 1 is 1.10 bits per heavy atom. The second-order valence-corrected chi connectivity index (χ2v) is 4.82. The molecule has 1 N–H and O–H groups in total. The van der Waals surface area contributed by atoms with Crippen molar-refractivity contribution >= 4 is 27.4 Å². The van der Waals surface area contributed by atoms with Crippen molar-refractivity contribution in [3.8, 4) is 5.75 Å². The molecule has 1 aromatic heterocycles. The summed E-state index contributed by atoms with van der Waals surface area (Å²) >= 11 is 3.34. The molecule has 0 unspecified atom stereocenters. The number of aromatic nitrogens is 1. The van der Waals surface area contributed by atoms with Gasteiger partial charge in [0.1, 0.15) is 11.6 Å². The van der Waals surface area contributed by atoms with Crippen molar-refractivity contribution in [2.24, 2.45) is 0 Å². The molecule has 0 saturated carbocycles. The first-order valence-electron chi connectivity index (χ1n) is 5.59. The van der Waals surface area contributed by atoms with E-state index in [9.17, 15) is 13.2 Å². The molecule has 0 saturated heterocycles. The first-order chi connectivity index (χ1) is 9.33. The van der Waals surface area contributed by atoms with Gasteiger partial charge in [0, 0.05) is 10.2 Å². The summed E-state index contributed by atoms with van der Waals surface area (Å²) in [7, 11) is 0. The van der Waals surface area contributed by atoms with Gasteiger partial charge in [0.05, 0.1) is 5.69 Å². The molecule has 20 heavy (non-hydrogen) atoms. The number of hydrogen-bond acceptors (Lipinski definition) is 3. The second kappa shape index (κ2) is 5.70. The minimum absolute atomic E-state index is 0.261. The lowest BCUT2D eigenvalue weighted by Crippen LogP contribution is -2.16. The third-order valence-electron chi connectivity index (χ3n) is 2.38. The zero-order valence-corrected chi connectivity index (χ0v) is 11.9. The highest BCUT2D eigenvalue weighted by Crippen LogP contribution is 2.25. The van der Waals surface area contributed by atoms with Crippen LogP contribution in [0, 0.1) is 6.92 Å². The van der Waals surface area contributed by atoms with Crippen LogP contribution in [0.5, 0.6) is 5.75 Å². The minimum atomic E-state index is -4.68. The van der Waals surface area contributed by atoms with E-state index in [0.717, 1.165) is 10.2 Å². The summed E-state index contributed by atoms with van der Waals surface area (Å²) < 4.78 is 40.7. The third kappa shape index (κ3) is 4.12. The molecule has 0 fully saturated rings. The van der Waals surface area contributed by atoms with Crippen molar-refractivity contribution in [2.75, 3.05) is 5.32 Å². The predicted molar refractivity (Wildman–Crippen MR) is 73.1 cm³/mol. The number of nitrogens with one attached hydrogen (secondary N) is 1. The lowest BCUT2D eigenvalue weighted by molar-refractivity contribution is -0.274. The van der Waals surface area contributed by atoms with Gasteiger partial charge >= 0.3 is 6.36 Å². The van der Waals surface area contributed by atoms with E-state index in [4.69, 9.17) is 0 Å². The highest BCUT2D eigenvalue weighted by molar-refractivity contribution is 9.10. The Morgan fingerprint density at radius 2 is 1.75 bits per heavy atom. The molecule has 0 aliphatic rings. The molecule has 1 heterocycles. The predicted octanol–water partition coefficient (Wildman–Crippen LogP) is 4.79. The number of alkyl halides is 3. The van der Waals surface area contributed by atoms with E-state index in [1.165, 1.54) is 24.3 Å². The second-order valence-electron chi connectivity index (χ2n) is 3.96. The van der Waals surface area contributed by atoms with Crippen LogP contribution >= 0.6 is 15.9 Å². The van der Waals surface area contributed by atoms with Crippen LogP contribution < -0.4 is 10.1 Å². The molecule has 0 atom stereocenters. The van der Waals surface area contributed by atoms with E-state index in [1.807, 2.05) is 13.0 Å². The summed E-state index contributed by atoms with van der Waals surface area (Å²) in [4.78, 5) is 4.28. The SMILES string of the molecule is Cc1nc(Nc2ccc(OC(F)(F)F)cc2)ccc1Br. The van der Waals surface area contributed by atoms with Crippen molar-refractivity contribution in [2.45, 2.75) is 13.3 Å². The average Bonchev–Trinajstić information content (AvgIpc) is 2.35. The van der Waals surface area contributed by atoms with Gasteiger partial charge in [-0.1, -0.05) is 0 Å². The fourth-order valence-electron chi connectivity index (χ4n) is 1.50. The summed E-state index contributed by atoms with van der Waals surface area (Å²) in [6, 6.07) is 9.05. The fraction of sp³-hybridized carbons (Fsp3) is 0.154. The number of ether oxygens (including phenoxy) is 1. The van der Waals surface area contributed by atoms with E-state index in [1.54, 1.807) is 6.07 Å². The van der Waals surface area contributed by atoms with Crippen LogP contribution in [0.2, 0.25) is 0 Å². The first kappa shape index (κ1) is 14.6. The normalized spacial score (nSPS) is 11.2. The van der Waals surface area contributed by atoms with Crippen LogP contribution in [0.4, 0.5) is 24.7 Å². The van der Waals surface area contributed by atoms with Gasteiger partial charge in [0.25, 0.3) is 0 Å². The lowest BCUT2D eigenvalue weighted by Gasteiger charge is -2.10. The van der Waals surface area contributed by atoms with Crippen LogP contribution in [0.1, 0.15) is 5.69 Å². The molecule has 7 heteroatoms. The van der Waals surface area contributed by atoms with Crippen LogP contribution in [-0.2, 0) is 0 Å². The van der Waals surface area contributed by atoms with Crippen molar-refractivity contribution in [1.82, 2.24) is 4.98 Å². The highest BCUT2D eigenvalue weighted by Gasteiger charge is 2.30. The molecule has 2 aromatic rings. The Labute approximate surface area is 121 Å². The van der Waals surface area contributed by atoms with Gasteiger partial charge in [-0.25, -0.2) is 4.98 Å². The Morgan fingerprint density at radius 3 is 2.30 bits per heavy atom. The van der Waals surface area contributed by atoms with Gasteiger partial charge in [-0.15, -0.1) is 13.2 Å². The Balaban J connectivity index is 2.08. The maximum Gasteiger partial charge on any atom is 0.573 e. The Bertz CT molecular complexity index is 600. The summed E-state index contributed by atoms with van der Waals surface area (Å²) in [6.07, 6.45) is -4.68. The molecular weight excluding hydrogens is 337 g/mol. The molecule has 1 aromatic carbocycles. The van der Waals surface area contributed by atoms with Crippen LogP contribution in [0.15, 0.2) is 40.9 Å². The molecule has 0 bridgehead atoms. The summed E-state index contributed by atoms with van der Waals surface area (Å²) in [5, 5.41) is 2.99. The Kier molecular flexibility index (Phi) is 4.17. The van der Waals surface area contributed by atoms with Crippen LogP contribution in [0.3, 0.4) is 0 Å². The molecule has 0 amide bonds. The summed E-state index contributed by atoms with van der Waals surface area (Å²) in [6.45, 7) is 1.84. The van der Waals surface area contributed by atoms with Crippen LogP contribution in [0.25, 0.3) is 0 Å². The molecule has 0 aliphatic heterocycles. The first-order valence-corrected chi connectivity index (χ1v) is 6.39. The van der Waals surface area contributed by atoms with Gasteiger partial charge in [-0.2, -0.15) is 0 Å². The molecule has 0 spiro atoms. The quantitative estimate of drug-likeness (QED) is 0.867. The van der Waals surface area contributed by atoms with E-state index >= 15 is 0 Å². The number of nitrogens with zero attached hydrogens (tertiary/aromatic N) is 1. The lowest BCUT2D eigenvalue weighted by atomic mass is 10.3.